The Balaban J connectivity index is 2.28. The highest BCUT2D eigenvalue weighted by atomic mass is 32.2. The third kappa shape index (κ3) is 3.01. The van der Waals surface area contributed by atoms with Crippen LogP contribution in [-0.2, 0) is 9.84 Å². The summed E-state index contributed by atoms with van der Waals surface area (Å²) < 4.78 is 23.8. The second kappa shape index (κ2) is 4.93. The van der Waals surface area contributed by atoms with Crippen LogP contribution < -0.4 is 0 Å². The summed E-state index contributed by atoms with van der Waals surface area (Å²) in [5.74, 6) is 0. The topological polar surface area (TPSA) is 47.0 Å². The molecule has 0 saturated carbocycles. The van der Waals surface area contributed by atoms with Crippen LogP contribution in [-0.4, -0.2) is 13.4 Å². The van der Waals surface area contributed by atoms with E-state index >= 15 is 0 Å². The van der Waals surface area contributed by atoms with Crippen molar-refractivity contribution in [3.8, 4) is 0 Å². The van der Waals surface area contributed by atoms with Crippen molar-refractivity contribution in [2.75, 3.05) is 0 Å². The molecule has 1 heterocycles. The minimum Gasteiger partial charge on any atom is -0.264 e. The van der Waals surface area contributed by atoms with Crippen LogP contribution in [0.4, 0.5) is 0 Å². The number of pyridine rings is 1. The molecule has 0 bridgehead atoms. The third-order valence-corrected chi connectivity index (χ3v) is 3.62. The predicted octanol–water partition coefficient (Wildman–Crippen LogP) is 2.53. The van der Waals surface area contributed by atoms with Crippen LogP contribution >= 0.6 is 0 Å². The van der Waals surface area contributed by atoms with Crippen molar-refractivity contribution < 1.29 is 8.42 Å². The number of hydrogen-bond acceptors (Lipinski definition) is 3. The molecule has 1 aromatic heterocycles. The number of aromatic nitrogens is 1. The maximum atomic E-state index is 11.9. The maximum Gasteiger partial charge on any atom is 0.199 e. The van der Waals surface area contributed by atoms with E-state index in [1.165, 1.54) is 11.5 Å². The smallest absolute Gasteiger partial charge is 0.199 e. The van der Waals surface area contributed by atoms with Gasteiger partial charge in [0.2, 0.25) is 0 Å². The van der Waals surface area contributed by atoms with Crippen molar-refractivity contribution in [3.63, 3.8) is 0 Å². The number of rotatable bonds is 3. The van der Waals surface area contributed by atoms with Crippen molar-refractivity contribution >= 4 is 15.9 Å². The zero-order chi connectivity index (χ0) is 12.1. The van der Waals surface area contributed by atoms with Crippen LogP contribution in [0.1, 0.15) is 5.56 Å². The number of sulfone groups is 1. The van der Waals surface area contributed by atoms with Crippen LogP contribution in [0, 0.1) is 0 Å². The average Bonchev–Trinajstić information content (AvgIpc) is 2.39. The molecule has 0 saturated heterocycles. The molecule has 0 aliphatic carbocycles. The molecule has 1 aromatic carbocycles. The highest BCUT2D eigenvalue weighted by Crippen LogP contribution is 2.12. The fraction of sp³-hybridized carbons (Fsp3) is 0. The summed E-state index contributed by atoms with van der Waals surface area (Å²) in [6, 6.07) is 11.9. The van der Waals surface area contributed by atoms with Gasteiger partial charge in [-0.3, -0.25) is 4.98 Å². The molecule has 0 aliphatic rings. The zero-order valence-electron chi connectivity index (χ0n) is 9.02. The Kier molecular flexibility index (Phi) is 3.35. The molecule has 0 unspecified atom stereocenters. The Morgan fingerprint density at radius 1 is 1.00 bits per heavy atom. The Bertz CT molecular complexity index is 604. The average molecular weight is 245 g/mol. The van der Waals surface area contributed by atoms with E-state index in [4.69, 9.17) is 0 Å². The third-order valence-electron chi connectivity index (χ3n) is 2.20. The standard InChI is InChI=1S/C13H11NO2S/c15-17(16,13-6-2-1-3-7-13)10-8-12-5-4-9-14-11-12/h1-11H. The minimum atomic E-state index is -3.37. The number of nitrogens with zero attached hydrogens (tertiary/aromatic N) is 1. The molecule has 0 spiro atoms. The van der Waals surface area contributed by atoms with Crippen LogP contribution in [0.2, 0.25) is 0 Å². The minimum absolute atomic E-state index is 0.292. The zero-order valence-corrected chi connectivity index (χ0v) is 9.84. The van der Waals surface area contributed by atoms with Crippen molar-refractivity contribution in [1.82, 2.24) is 4.98 Å². The van der Waals surface area contributed by atoms with E-state index in [-0.39, 0.29) is 0 Å². The van der Waals surface area contributed by atoms with Crippen molar-refractivity contribution in [1.29, 1.82) is 0 Å². The van der Waals surface area contributed by atoms with Gasteiger partial charge in [0.25, 0.3) is 0 Å². The molecular formula is C13H11NO2S. The van der Waals surface area contributed by atoms with Gasteiger partial charge in [0, 0.05) is 17.8 Å². The highest BCUT2D eigenvalue weighted by molar-refractivity contribution is 7.94. The van der Waals surface area contributed by atoms with Gasteiger partial charge in [-0.1, -0.05) is 24.3 Å². The molecule has 17 heavy (non-hydrogen) atoms. The SMILES string of the molecule is O=S(=O)(C=Cc1cccnc1)c1ccccc1. The summed E-state index contributed by atoms with van der Waals surface area (Å²) in [5.41, 5.74) is 0.756. The summed E-state index contributed by atoms with van der Waals surface area (Å²) in [6.07, 6.45) is 4.79. The van der Waals surface area contributed by atoms with Crippen LogP contribution in [0.5, 0.6) is 0 Å². The summed E-state index contributed by atoms with van der Waals surface area (Å²) in [4.78, 5) is 4.20. The molecule has 0 atom stereocenters. The van der Waals surface area contributed by atoms with Gasteiger partial charge in [0.15, 0.2) is 9.84 Å². The van der Waals surface area contributed by atoms with Crippen LogP contribution in [0.25, 0.3) is 6.08 Å². The van der Waals surface area contributed by atoms with E-state index < -0.39 is 9.84 Å². The quantitative estimate of drug-likeness (QED) is 0.834. The fourth-order valence-electron chi connectivity index (χ4n) is 1.33. The highest BCUT2D eigenvalue weighted by Gasteiger charge is 2.08. The van der Waals surface area contributed by atoms with E-state index in [1.54, 1.807) is 54.9 Å². The Hall–Kier alpha value is -1.94. The largest absolute Gasteiger partial charge is 0.264 e. The molecule has 2 aromatic rings. The second-order valence-corrected chi connectivity index (χ2v) is 5.28. The monoisotopic (exact) mass is 245 g/mol. The number of benzene rings is 1. The van der Waals surface area contributed by atoms with Gasteiger partial charge < -0.3 is 0 Å². The Labute approximate surface area is 100 Å². The van der Waals surface area contributed by atoms with Crippen LogP contribution in [0.15, 0.2) is 65.2 Å². The first-order chi connectivity index (χ1) is 8.18. The van der Waals surface area contributed by atoms with Gasteiger partial charge in [-0.2, -0.15) is 0 Å². The lowest BCUT2D eigenvalue weighted by Crippen LogP contribution is -1.95. The van der Waals surface area contributed by atoms with Crippen molar-refractivity contribution in [3.05, 3.63) is 65.8 Å². The van der Waals surface area contributed by atoms with Gasteiger partial charge in [-0.15, -0.1) is 0 Å². The van der Waals surface area contributed by atoms with E-state index in [0.717, 1.165) is 5.56 Å². The second-order valence-electron chi connectivity index (χ2n) is 3.45. The molecule has 0 aliphatic heterocycles. The van der Waals surface area contributed by atoms with E-state index in [9.17, 15) is 8.42 Å². The molecule has 2 rings (SSSR count). The molecule has 86 valence electrons. The summed E-state index contributed by atoms with van der Waals surface area (Å²) >= 11 is 0. The van der Waals surface area contributed by atoms with Crippen LogP contribution in [0.3, 0.4) is 0 Å². The Morgan fingerprint density at radius 3 is 2.41 bits per heavy atom. The lowest BCUT2D eigenvalue weighted by Gasteiger charge is -1.97. The van der Waals surface area contributed by atoms with Gasteiger partial charge in [-0.25, -0.2) is 8.42 Å². The molecule has 0 amide bonds. The fourth-order valence-corrected chi connectivity index (χ4v) is 2.36. The Morgan fingerprint density at radius 2 is 1.76 bits per heavy atom. The van der Waals surface area contributed by atoms with E-state index in [1.807, 2.05) is 0 Å². The summed E-state index contributed by atoms with van der Waals surface area (Å²) in [5, 5.41) is 1.19. The molecule has 3 nitrogen and oxygen atoms in total. The van der Waals surface area contributed by atoms with Gasteiger partial charge in [0.05, 0.1) is 4.90 Å². The van der Waals surface area contributed by atoms with E-state index in [2.05, 4.69) is 4.98 Å². The lowest BCUT2D eigenvalue weighted by molar-refractivity contribution is 0.605. The number of hydrogen-bond donors (Lipinski definition) is 0. The van der Waals surface area contributed by atoms with E-state index in [0.29, 0.717) is 4.90 Å². The van der Waals surface area contributed by atoms with Gasteiger partial charge in [-0.05, 0) is 29.8 Å². The van der Waals surface area contributed by atoms with Crippen molar-refractivity contribution in [2.24, 2.45) is 0 Å². The lowest BCUT2D eigenvalue weighted by atomic mass is 10.3. The summed E-state index contributed by atoms with van der Waals surface area (Å²) in [7, 11) is -3.37. The van der Waals surface area contributed by atoms with Gasteiger partial charge in [0.1, 0.15) is 0 Å². The molecule has 0 N–H and O–H groups in total. The van der Waals surface area contributed by atoms with Gasteiger partial charge >= 0.3 is 0 Å². The predicted molar refractivity (Wildman–Crippen MR) is 66.9 cm³/mol. The first kappa shape index (κ1) is 11.5. The molecule has 0 radical (unpaired) electrons. The first-order valence-corrected chi connectivity index (χ1v) is 6.61. The molecule has 4 heteroatoms. The first-order valence-electron chi connectivity index (χ1n) is 5.07. The maximum absolute atomic E-state index is 11.9. The molecule has 0 fully saturated rings. The normalized spacial score (nSPS) is 11.8. The van der Waals surface area contributed by atoms with Crippen molar-refractivity contribution in [2.45, 2.75) is 4.90 Å². The summed E-state index contributed by atoms with van der Waals surface area (Å²) in [6.45, 7) is 0. The molecular weight excluding hydrogens is 234 g/mol.